The van der Waals surface area contributed by atoms with Crippen molar-refractivity contribution in [2.75, 3.05) is 11.9 Å². The molecule has 2 rings (SSSR count). The van der Waals surface area contributed by atoms with E-state index in [2.05, 4.69) is 5.32 Å². The second-order valence-electron chi connectivity index (χ2n) is 5.37. The Morgan fingerprint density at radius 2 is 1.87 bits per heavy atom. The number of aromatic carboxylic acids is 1. The number of amides is 1. The summed E-state index contributed by atoms with van der Waals surface area (Å²) in [5.74, 6) is -0.977. The van der Waals surface area contributed by atoms with Crippen molar-refractivity contribution in [3.05, 3.63) is 58.7 Å². The van der Waals surface area contributed by atoms with Crippen molar-refractivity contribution in [2.45, 2.75) is 20.8 Å². The van der Waals surface area contributed by atoms with Gasteiger partial charge in [0.05, 0.1) is 5.97 Å². The molecule has 1 amide bonds. The Bertz CT molecular complexity index is 753. The lowest BCUT2D eigenvalue weighted by Gasteiger charge is -2.14. The maximum absolute atomic E-state index is 12.0. The lowest BCUT2D eigenvalue weighted by molar-refractivity contribution is -0.255. The number of carbonyl (C=O) groups excluding carboxylic acids is 2. The molecule has 0 aliphatic carbocycles. The number of hydrogen-bond acceptors (Lipinski definition) is 4. The first-order valence-corrected chi connectivity index (χ1v) is 7.19. The number of rotatable bonds is 5. The minimum Gasteiger partial charge on any atom is -0.545 e. The topological polar surface area (TPSA) is 78.5 Å². The quantitative estimate of drug-likeness (QED) is 0.916. The highest BCUT2D eigenvalue weighted by atomic mass is 16.5. The fraction of sp³-hybridized carbons (Fsp3) is 0.222. The highest BCUT2D eigenvalue weighted by Gasteiger charge is 2.09. The van der Waals surface area contributed by atoms with E-state index in [1.54, 1.807) is 19.1 Å². The van der Waals surface area contributed by atoms with Crippen LogP contribution in [-0.4, -0.2) is 18.5 Å². The molecule has 0 aliphatic rings. The number of ether oxygens (including phenoxy) is 1. The molecule has 0 aliphatic heterocycles. The molecule has 1 N–H and O–H groups in total. The fourth-order valence-electron chi connectivity index (χ4n) is 2.18. The summed E-state index contributed by atoms with van der Waals surface area (Å²) in [5, 5.41) is 13.6. The summed E-state index contributed by atoms with van der Waals surface area (Å²) in [4.78, 5) is 23.0. The third kappa shape index (κ3) is 4.10. The van der Waals surface area contributed by atoms with Gasteiger partial charge in [-0.1, -0.05) is 24.3 Å². The molecule has 0 atom stereocenters. The molecule has 0 unspecified atom stereocenters. The Morgan fingerprint density at radius 1 is 1.13 bits per heavy atom. The third-order valence-corrected chi connectivity index (χ3v) is 3.53. The molecule has 120 valence electrons. The van der Waals surface area contributed by atoms with Crippen molar-refractivity contribution in [2.24, 2.45) is 0 Å². The van der Waals surface area contributed by atoms with Crippen LogP contribution in [-0.2, 0) is 4.79 Å². The SMILES string of the molecule is Cc1ccc(C)c(OCC(=O)Nc2cccc(C(=O)[O-])c2C)c1. The van der Waals surface area contributed by atoms with Gasteiger partial charge in [-0.15, -0.1) is 0 Å². The molecule has 0 saturated heterocycles. The van der Waals surface area contributed by atoms with Gasteiger partial charge < -0.3 is 20.0 Å². The van der Waals surface area contributed by atoms with Crippen LogP contribution in [0.4, 0.5) is 5.69 Å². The predicted molar refractivity (Wildman–Crippen MR) is 85.6 cm³/mol. The number of carbonyl (C=O) groups is 2. The molecule has 0 spiro atoms. The van der Waals surface area contributed by atoms with Crippen molar-refractivity contribution < 1.29 is 19.4 Å². The Kier molecular flexibility index (Phi) is 5.01. The van der Waals surface area contributed by atoms with E-state index in [1.165, 1.54) is 6.07 Å². The van der Waals surface area contributed by atoms with Gasteiger partial charge in [0.1, 0.15) is 5.75 Å². The Labute approximate surface area is 134 Å². The number of carboxylic acids is 1. The van der Waals surface area contributed by atoms with Crippen molar-refractivity contribution in [1.29, 1.82) is 0 Å². The van der Waals surface area contributed by atoms with Gasteiger partial charge in [-0.25, -0.2) is 0 Å². The van der Waals surface area contributed by atoms with Crippen LogP contribution in [0.3, 0.4) is 0 Å². The molecular formula is C18H18NO4-. The van der Waals surface area contributed by atoms with Gasteiger partial charge in [-0.3, -0.25) is 4.79 Å². The Morgan fingerprint density at radius 3 is 2.57 bits per heavy atom. The monoisotopic (exact) mass is 312 g/mol. The smallest absolute Gasteiger partial charge is 0.262 e. The molecule has 0 fully saturated rings. The number of carboxylic acid groups (broad SMARTS) is 1. The average Bonchev–Trinajstić information content (AvgIpc) is 2.50. The van der Waals surface area contributed by atoms with Crippen LogP contribution in [0.1, 0.15) is 27.0 Å². The molecule has 0 saturated carbocycles. The summed E-state index contributed by atoms with van der Waals surface area (Å²) in [5.41, 5.74) is 2.93. The van der Waals surface area contributed by atoms with E-state index in [4.69, 9.17) is 4.74 Å². The standard InChI is InChI=1S/C18H19NO4/c1-11-7-8-12(2)16(9-11)23-10-17(20)19-15-6-4-5-14(13(15)3)18(21)22/h4-9H,10H2,1-3H3,(H,19,20)(H,21,22)/p-1. The predicted octanol–water partition coefficient (Wildman–Crippen LogP) is 1.99. The molecule has 5 nitrogen and oxygen atoms in total. The number of anilines is 1. The molecule has 23 heavy (non-hydrogen) atoms. The van der Waals surface area contributed by atoms with Gasteiger partial charge in [-0.05, 0) is 49.6 Å². The summed E-state index contributed by atoms with van der Waals surface area (Å²) < 4.78 is 5.53. The highest BCUT2D eigenvalue weighted by Crippen LogP contribution is 2.20. The second kappa shape index (κ2) is 6.96. The van der Waals surface area contributed by atoms with Gasteiger partial charge in [0.2, 0.25) is 0 Å². The summed E-state index contributed by atoms with van der Waals surface area (Å²) in [6.45, 7) is 5.31. The average molecular weight is 312 g/mol. The summed E-state index contributed by atoms with van der Waals surface area (Å²) >= 11 is 0. The lowest BCUT2D eigenvalue weighted by atomic mass is 10.1. The van der Waals surface area contributed by atoms with E-state index >= 15 is 0 Å². The van der Waals surface area contributed by atoms with E-state index in [0.29, 0.717) is 17.0 Å². The van der Waals surface area contributed by atoms with Crippen LogP contribution >= 0.6 is 0 Å². The van der Waals surface area contributed by atoms with Gasteiger partial charge in [-0.2, -0.15) is 0 Å². The van der Waals surface area contributed by atoms with Crippen LogP contribution < -0.4 is 15.2 Å². The molecular weight excluding hydrogens is 294 g/mol. The van der Waals surface area contributed by atoms with Gasteiger partial charge in [0, 0.05) is 11.3 Å². The van der Waals surface area contributed by atoms with E-state index in [-0.39, 0.29) is 18.1 Å². The third-order valence-electron chi connectivity index (χ3n) is 3.53. The maximum atomic E-state index is 12.0. The van der Waals surface area contributed by atoms with Crippen LogP contribution in [0.2, 0.25) is 0 Å². The van der Waals surface area contributed by atoms with Gasteiger partial charge in [0.15, 0.2) is 6.61 Å². The van der Waals surface area contributed by atoms with E-state index in [1.807, 2.05) is 32.0 Å². The minimum absolute atomic E-state index is 0.0539. The van der Waals surface area contributed by atoms with Crippen molar-refractivity contribution >= 4 is 17.6 Å². The number of nitrogens with one attached hydrogen (secondary N) is 1. The molecule has 2 aromatic rings. The number of benzene rings is 2. The van der Waals surface area contributed by atoms with Crippen LogP contribution in [0.5, 0.6) is 5.75 Å². The van der Waals surface area contributed by atoms with Crippen molar-refractivity contribution in [3.63, 3.8) is 0 Å². The molecule has 5 heteroatoms. The van der Waals surface area contributed by atoms with E-state index < -0.39 is 5.97 Å². The zero-order chi connectivity index (χ0) is 17.0. The zero-order valence-electron chi connectivity index (χ0n) is 13.3. The first-order valence-electron chi connectivity index (χ1n) is 7.19. The number of hydrogen-bond donors (Lipinski definition) is 1. The second-order valence-corrected chi connectivity index (χ2v) is 5.37. The zero-order valence-corrected chi connectivity index (χ0v) is 13.3. The molecule has 0 bridgehead atoms. The maximum Gasteiger partial charge on any atom is 0.262 e. The first kappa shape index (κ1) is 16.5. The van der Waals surface area contributed by atoms with E-state index in [0.717, 1.165) is 11.1 Å². The largest absolute Gasteiger partial charge is 0.545 e. The first-order chi connectivity index (χ1) is 10.9. The molecule has 0 aromatic heterocycles. The van der Waals surface area contributed by atoms with E-state index in [9.17, 15) is 14.7 Å². The summed E-state index contributed by atoms with van der Waals surface area (Å²) in [7, 11) is 0. The van der Waals surface area contributed by atoms with Crippen molar-refractivity contribution in [1.82, 2.24) is 0 Å². The number of aryl methyl sites for hydroxylation is 2. The van der Waals surface area contributed by atoms with Crippen LogP contribution in [0.15, 0.2) is 36.4 Å². The lowest BCUT2D eigenvalue weighted by Crippen LogP contribution is -2.25. The molecule has 2 aromatic carbocycles. The van der Waals surface area contributed by atoms with Crippen LogP contribution in [0, 0.1) is 20.8 Å². The van der Waals surface area contributed by atoms with Crippen molar-refractivity contribution in [3.8, 4) is 5.75 Å². The fourth-order valence-corrected chi connectivity index (χ4v) is 2.18. The van der Waals surface area contributed by atoms with Crippen LogP contribution in [0.25, 0.3) is 0 Å². The minimum atomic E-state index is -1.27. The highest BCUT2D eigenvalue weighted by molar-refractivity contribution is 5.96. The van der Waals surface area contributed by atoms with Gasteiger partial charge >= 0.3 is 0 Å². The summed E-state index contributed by atoms with van der Waals surface area (Å²) in [6, 6.07) is 10.4. The normalized spacial score (nSPS) is 10.2. The van der Waals surface area contributed by atoms with Gasteiger partial charge in [0.25, 0.3) is 5.91 Å². The molecule has 0 radical (unpaired) electrons. The molecule has 0 heterocycles. The Balaban J connectivity index is 2.04. The summed E-state index contributed by atoms with van der Waals surface area (Å²) in [6.07, 6.45) is 0. The Hall–Kier alpha value is -2.82.